The Morgan fingerprint density at radius 3 is 2.80 bits per heavy atom. The van der Waals surface area contributed by atoms with Gasteiger partial charge in [-0.2, -0.15) is 0 Å². The van der Waals surface area contributed by atoms with Crippen LogP contribution in [0.15, 0.2) is 46.9 Å². The first-order valence-electron chi connectivity index (χ1n) is 6.35. The highest BCUT2D eigenvalue weighted by atomic mass is 79.9. The van der Waals surface area contributed by atoms with Crippen molar-refractivity contribution in [2.75, 3.05) is 6.54 Å². The second kappa shape index (κ2) is 6.66. The summed E-state index contributed by atoms with van der Waals surface area (Å²) in [7, 11) is 0. The Morgan fingerprint density at radius 2 is 2.05 bits per heavy atom. The Balaban J connectivity index is 1.94. The average Bonchev–Trinajstić information content (AvgIpc) is 2.41. The molecule has 0 spiro atoms. The minimum absolute atomic E-state index is 0.128. The summed E-state index contributed by atoms with van der Waals surface area (Å²) in [6, 6.07) is 12.0. The number of benzene rings is 2. The molecule has 1 N–H and O–H groups in total. The van der Waals surface area contributed by atoms with Gasteiger partial charge in [-0.25, -0.2) is 4.39 Å². The largest absolute Gasteiger partial charge is 0.352 e. The zero-order valence-corrected chi connectivity index (χ0v) is 12.7. The first-order valence-corrected chi connectivity index (χ1v) is 7.14. The first-order chi connectivity index (χ1) is 9.56. The van der Waals surface area contributed by atoms with Crippen molar-refractivity contribution >= 4 is 21.8 Å². The van der Waals surface area contributed by atoms with Crippen LogP contribution in [0.3, 0.4) is 0 Å². The highest BCUT2D eigenvalue weighted by molar-refractivity contribution is 9.10. The number of carbonyl (C=O) groups is 1. The maximum Gasteiger partial charge on any atom is 0.252 e. The predicted molar refractivity (Wildman–Crippen MR) is 81.3 cm³/mol. The number of aryl methyl sites for hydroxylation is 1. The van der Waals surface area contributed by atoms with Crippen LogP contribution in [0.5, 0.6) is 0 Å². The molecule has 0 radical (unpaired) electrons. The summed E-state index contributed by atoms with van der Waals surface area (Å²) >= 11 is 3.37. The van der Waals surface area contributed by atoms with Crippen LogP contribution in [-0.4, -0.2) is 12.5 Å². The molecule has 0 unspecified atom stereocenters. The normalized spacial score (nSPS) is 10.3. The van der Waals surface area contributed by atoms with E-state index in [9.17, 15) is 9.18 Å². The molecule has 2 aromatic carbocycles. The number of rotatable bonds is 4. The molecular weight excluding hydrogens is 321 g/mol. The van der Waals surface area contributed by atoms with Crippen LogP contribution in [0, 0.1) is 12.7 Å². The molecular formula is C16H15BrFNO. The third kappa shape index (κ3) is 3.90. The van der Waals surface area contributed by atoms with E-state index >= 15 is 0 Å². The van der Waals surface area contributed by atoms with Gasteiger partial charge in [-0.05, 0) is 59.1 Å². The van der Waals surface area contributed by atoms with Crippen molar-refractivity contribution in [3.05, 3.63) is 69.4 Å². The lowest BCUT2D eigenvalue weighted by molar-refractivity contribution is 0.0953. The van der Waals surface area contributed by atoms with E-state index in [2.05, 4.69) is 21.2 Å². The molecule has 0 aliphatic heterocycles. The van der Waals surface area contributed by atoms with Crippen LogP contribution in [0.2, 0.25) is 0 Å². The van der Waals surface area contributed by atoms with Gasteiger partial charge in [-0.1, -0.05) is 23.8 Å². The van der Waals surface area contributed by atoms with Gasteiger partial charge in [-0.15, -0.1) is 0 Å². The topological polar surface area (TPSA) is 29.1 Å². The molecule has 2 aromatic rings. The summed E-state index contributed by atoms with van der Waals surface area (Å²) in [5.41, 5.74) is 2.52. The standard InChI is InChI=1S/C16H15BrFNO/c1-11-5-6-15(17)14(9-11)16(20)19-8-7-12-3-2-4-13(18)10-12/h2-6,9-10H,7-8H2,1H3,(H,19,20). The molecule has 0 bridgehead atoms. The van der Waals surface area contributed by atoms with Crippen LogP contribution in [-0.2, 0) is 6.42 Å². The van der Waals surface area contributed by atoms with Gasteiger partial charge in [-0.3, -0.25) is 4.79 Å². The second-order valence-electron chi connectivity index (χ2n) is 4.62. The molecule has 20 heavy (non-hydrogen) atoms. The monoisotopic (exact) mass is 335 g/mol. The van der Waals surface area contributed by atoms with Gasteiger partial charge in [0.05, 0.1) is 5.56 Å². The fourth-order valence-corrected chi connectivity index (χ4v) is 2.35. The lowest BCUT2D eigenvalue weighted by Crippen LogP contribution is -2.26. The van der Waals surface area contributed by atoms with Crippen molar-refractivity contribution in [1.29, 1.82) is 0 Å². The summed E-state index contributed by atoms with van der Waals surface area (Å²) in [6.07, 6.45) is 0.604. The van der Waals surface area contributed by atoms with Crippen molar-refractivity contribution in [3.63, 3.8) is 0 Å². The number of hydrogen-bond donors (Lipinski definition) is 1. The summed E-state index contributed by atoms with van der Waals surface area (Å²) < 4.78 is 13.8. The minimum atomic E-state index is -0.254. The summed E-state index contributed by atoms with van der Waals surface area (Å²) in [6.45, 7) is 2.42. The van der Waals surface area contributed by atoms with Crippen LogP contribution >= 0.6 is 15.9 Å². The Hall–Kier alpha value is -1.68. The lowest BCUT2D eigenvalue weighted by atomic mass is 10.1. The number of nitrogens with one attached hydrogen (secondary N) is 1. The summed E-state index contributed by atoms with van der Waals surface area (Å²) in [5, 5.41) is 2.84. The summed E-state index contributed by atoms with van der Waals surface area (Å²) in [5.74, 6) is -0.382. The Kier molecular flexibility index (Phi) is 4.90. The maximum atomic E-state index is 13.0. The Bertz CT molecular complexity index is 628. The molecule has 0 fully saturated rings. The molecule has 0 aromatic heterocycles. The van der Waals surface area contributed by atoms with Crippen molar-refractivity contribution in [2.24, 2.45) is 0 Å². The zero-order valence-electron chi connectivity index (χ0n) is 11.1. The molecule has 4 heteroatoms. The SMILES string of the molecule is Cc1ccc(Br)c(C(=O)NCCc2cccc(F)c2)c1. The van der Waals surface area contributed by atoms with Gasteiger partial charge in [0.1, 0.15) is 5.82 Å². The lowest BCUT2D eigenvalue weighted by Gasteiger charge is -2.08. The van der Waals surface area contributed by atoms with Gasteiger partial charge in [0.2, 0.25) is 0 Å². The van der Waals surface area contributed by atoms with Gasteiger partial charge < -0.3 is 5.32 Å². The van der Waals surface area contributed by atoms with E-state index in [0.717, 1.165) is 15.6 Å². The molecule has 104 valence electrons. The van der Waals surface area contributed by atoms with E-state index < -0.39 is 0 Å². The Morgan fingerprint density at radius 1 is 1.25 bits per heavy atom. The van der Waals surface area contributed by atoms with Crippen LogP contribution in [0.25, 0.3) is 0 Å². The third-order valence-electron chi connectivity index (χ3n) is 2.95. The van der Waals surface area contributed by atoms with Crippen LogP contribution in [0.1, 0.15) is 21.5 Å². The average molecular weight is 336 g/mol. The molecule has 0 aliphatic carbocycles. The quantitative estimate of drug-likeness (QED) is 0.902. The molecule has 1 amide bonds. The van der Waals surface area contributed by atoms with E-state index in [1.54, 1.807) is 6.07 Å². The molecule has 2 rings (SSSR count). The van der Waals surface area contributed by atoms with E-state index in [1.807, 2.05) is 31.2 Å². The van der Waals surface area contributed by atoms with Gasteiger partial charge in [0.15, 0.2) is 0 Å². The highest BCUT2D eigenvalue weighted by Crippen LogP contribution is 2.17. The number of halogens is 2. The van der Waals surface area contributed by atoms with E-state index in [1.165, 1.54) is 12.1 Å². The maximum absolute atomic E-state index is 13.0. The predicted octanol–water partition coefficient (Wildman–Crippen LogP) is 3.87. The second-order valence-corrected chi connectivity index (χ2v) is 5.47. The summed E-state index contributed by atoms with van der Waals surface area (Å²) in [4.78, 5) is 12.1. The molecule has 2 nitrogen and oxygen atoms in total. The van der Waals surface area contributed by atoms with Crippen molar-refractivity contribution in [3.8, 4) is 0 Å². The molecule has 0 aliphatic rings. The van der Waals surface area contributed by atoms with Gasteiger partial charge >= 0.3 is 0 Å². The van der Waals surface area contributed by atoms with Crippen molar-refractivity contribution < 1.29 is 9.18 Å². The van der Waals surface area contributed by atoms with E-state index in [0.29, 0.717) is 18.5 Å². The number of carbonyl (C=O) groups excluding carboxylic acids is 1. The van der Waals surface area contributed by atoms with Crippen molar-refractivity contribution in [1.82, 2.24) is 5.32 Å². The number of amides is 1. The van der Waals surface area contributed by atoms with Crippen LogP contribution in [0.4, 0.5) is 4.39 Å². The fourth-order valence-electron chi connectivity index (χ4n) is 1.92. The molecule has 0 heterocycles. The molecule has 0 saturated carbocycles. The molecule has 0 atom stereocenters. The van der Waals surface area contributed by atoms with Crippen molar-refractivity contribution in [2.45, 2.75) is 13.3 Å². The van der Waals surface area contributed by atoms with Gasteiger partial charge in [0, 0.05) is 11.0 Å². The van der Waals surface area contributed by atoms with Gasteiger partial charge in [0.25, 0.3) is 5.91 Å². The van der Waals surface area contributed by atoms with E-state index in [-0.39, 0.29) is 11.7 Å². The Labute approximate surface area is 126 Å². The zero-order chi connectivity index (χ0) is 14.5. The highest BCUT2D eigenvalue weighted by Gasteiger charge is 2.09. The first kappa shape index (κ1) is 14.7. The smallest absolute Gasteiger partial charge is 0.252 e. The van der Waals surface area contributed by atoms with Crippen LogP contribution < -0.4 is 5.32 Å². The minimum Gasteiger partial charge on any atom is -0.352 e. The molecule has 0 saturated heterocycles. The van der Waals surface area contributed by atoms with E-state index in [4.69, 9.17) is 0 Å². The fraction of sp³-hybridized carbons (Fsp3) is 0.188. The number of hydrogen-bond acceptors (Lipinski definition) is 1. The third-order valence-corrected chi connectivity index (χ3v) is 3.65.